The lowest BCUT2D eigenvalue weighted by Crippen LogP contribution is -2.56. The maximum Gasteiger partial charge on any atom is 0.240 e. The smallest absolute Gasteiger partial charge is 0.240 e. The van der Waals surface area contributed by atoms with Crippen LogP contribution in [0.2, 0.25) is 5.02 Å². The normalized spacial score (nSPS) is 27.8. The summed E-state index contributed by atoms with van der Waals surface area (Å²) in [4.78, 5) is 13.6. The molecule has 188 valence electrons. The number of nitrogens with two attached hydrogens (primary N) is 1. The van der Waals surface area contributed by atoms with Crippen molar-refractivity contribution >= 4 is 29.1 Å². The minimum absolute atomic E-state index is 0.0133. The largest absolute Gasteiger partial charge is 0.396 e. The molecule has 5 nitrogen and oxygen atoms in total. The zero-order valence-corrected chi connectivity index (χ0v) is 22.2. The van der Waals surface area contributed by atoms with Crippen molar-refractivity contribution in [3.05, 3.63) is 70.8 Å². The van der Waals surface area contributed by atoms with Gasteiger partial charge in [0.25, 0.3) is 0 Å². The molecule has 1 aliphatic rings. The number of amides is 1. The Balaban J connectivity index is 2.61. The van der Waals surface area contributed by atoms with Gasteiger partial charge in [0, 0.05) is 40.7 Å². The van der Waals surface area contributed by atoms with Gasteiger partial charge in [-0.3, -0.25) is 10.1 Å². The number of hydrogen-bond donors (Lipinski definition) is 4. The van der Waals surface area contributed by atoms with Gasteiger partial charge in [-0.1, -0.05) is 74.8 Å². The zero-order chi connectivity index (χ0) is 25.6. The summed E-state index contributed by atoms with van der Waals surface area (Å²) < 4.78 is 0. The number of aliphatic hydroxyl groups excluding tert-OH is 1. The second-order valence-corrected chi connectivity index (χ2v) is 11.4. The molecule has 1 saturated heterocycles. The number of aliphatic hydroxyl groups is 1. The first-order chi connectivity index (χ1) is 15.9. The highest BCUT2D eigenvalue weighted by Gasteiger charge is 2.61. The molecule has 0 radical (unpaired) electrons. The van der Waals surface area contributed by atoms with Crippen molar-refractivity contribution in [2.45, 2.75) is 70.0 Å². The van der Waals surface area contributed by atoms with Crippen LogP contribution in [0, 0.1) is 5.41 Å². The van der Waals surface area contributed by atoms with E-state index in [9.17, 15) is 9.90 Å². The summed E-state index contributed by atoms with van der Waals surface area (Å²) in [6.45, 7) is 12.5. The van der Waals surface area contributed by atoms with Gasteiger partial charge in [-0.15, -0.1) is 0 Å². The SMILES string of the molecule is C=C/C=C(Cl)\C=C/C[C@@]1(N)[C@H](CC(C)(C)C)N[C@@](C)(C(=O)NCCCO)[C@@H]1c1cccc(Cl)c1. The van der Waals surface area contributed by atoms with Gasteiger partial charge in [0.2, 0.25) is 5.91 Å². The van der Waals surface area contributed by atoms with Crippen molar-refractivity contribution in [2.24, 2.45) is 11.1 Å². The number of hydrogen-bond acceptors (Lipinski definition) is 4. The van der Waals surface area contributed by atoms with Crippen LogP contribution < -0.4 is 16.4 Å². The third-order valence-electron chi connectivity index (χ3n) is 6.35. The Bertz CT molecular complexity index is 925. The third kappa shape index (κ3) is 6.96. The van der Waals surface area contributed by atoms with Crippen LogP contribution in [0.1, 0.15) is 58.4 Å². The number of benzene rings is 1. The molecule has 1 aromatic carbocycles. The van der Waals surface area contributed by atoms with Crippen LogP contribution in [-0.4, -0.2) is 41.3 Å². The van der Waals surface area contributed by atoms with Crippen LogP contribution in [-0.2, 0) is 4.79 Å². The lowest BCUT2D eigenvalue weighted by Gasteiger charge is -2.40. The van der Waals surface area contributed by atoms with Gasteiger partial charge in [-0.2, -0.15) is 0 Å². The first-order valence-electron chi connectivity index (χ1n) is 11.7. The van der Waals surface area contributed by atoms with Gasteiger partial charge in [0.1, 0.15) is 5.54 Å². The number of halogens is 2. The fraction of sp³-hybridized carbons (Fsp3) is 0.519. The van der Waals surface area contributed by atoms with Gasteiger partial charge in [-0.05, 0) is 61.4 Å². The predicted molar refractivity (Wildman–Crippen MR) is 143 cm³/mol. The maximum atomic E-state index is 13.6. The summed E-state index contributed by atoms with van der Waals surface area (Å²) in [6.07, 6.45) is 8.88. The molecule has 1 amide bonds. The van der Waals surface area contributed by atoms with E-state index in [-0.39, 0.29) is 29.9 Å². The summed E-state index contributed by atoms with van der Waals surface area (Å²) in [5.41, 5.74) is 6.40. The topological polar surface area (TPSA) is 87.4 Å². The van der Waals surface area contributed by atoms with E-state index >= 15 is 0 Å². The van der Waals surface area contributed by atoms with Gasteiger partial charge >= 0.3 is 0 Å². The van der Waals surface area contributed by atoms with Crippen molar-refractivity contribution in [2.75, 3.05) is 13.2 Å². The predicted octanol–water partition coefficient (Wildman–Crippen LogP) is 5.04. The Morgan fingerprint density at radius 2 is 2.09 bits per heavy atom. The van der Waals surface area contributed by atoms with Crippen molar-refractivity contribution in [3.63, 3.8) is 0 Å². The van der Waals surface area contributed by atoms with E-state index in [0.717, 1.165) is 12.0 Å². The average molecular weight is 509 g/mol. The standard InChI is InChI=1S/C27H39Cl2N3O2/c1-6-10-20(28)13-8-14-27(30)22(18-25(2,3)4)32-26(5,24(34)31-15-9-16-33)23(27)19-11-7-12-21(29)17-19/h6-8,10-13,17,22-23,32-33H,1,9,14-16,18,30H2,2-5H3,(H,31,34)/b13-8-,20-10+/t22-,23-,26+,27+/m0/s1. The molecule has 1 fully saturated rings. The molecule has 1 aromatic rings. The molecule has 1 heterocycles. The Morgan fingerprint density at radius 1 is 1.38 bits per heavy atom. The Morgan fingerprint density at radius 3 is 2.68 bits per heavy atom. The lowest BCUT2D eigenvalue weighted by atomic mass is 9.67. The van der Waals surface area contributed by atoms with Crippen LogP contribution in [0.25, 0.3) is 0 Å². The average Bonchev–Trinajstić information content (AvgIpc) is 2.94. The molecule has 4 atom stereocenters. The molecule has 2 rings (SSSR count). The van der Waals surface area contributed by atoms with Crippen LogP contribution in [0.4, 0.5) is 0 Å². The maximum absolute atomic E-state index is 13.6. The molecule has 0 aliphatic carbocycles. The highest BCUT2D eigenvalue weighted by atomic mass is 35.5. The number of nitrogens with one attached hydrogen (secondary N) is 2. The number of carbonyl (C=O) groups excluding carboxylic acids is 1. The lowest BCUT2D eigenvalue weighted by molar-refractivity contribution is -0.127. The van der Waals surface area contributed by atoms with Crippen LogP contribution in [0.15, 0.2) is 60.2 Å². The van der Waals surface area contributed by atoms with E-state index in [4.69, 9.17) is 28.9 Å². The van der Waals surface area contributed by atoms with E-state index in [0.29, 0.717) is 29.4 Å². The van der Waals surface area contributed by atoms with E-state index < -0.39 is 11.1 Å². The van der Waals surface area contributed by atoms with Crippen LogP contribution in [0.5, 0.6) is 0 Å². The summed E-state index contributed by atoms with van der Waals surface area (Å²) in [5, 5.41) is 16.9. The second-order valence-electron chi connectivity index (χ2n) is 10.5. The molecule has 1 aliphatic heterocycles. The van der Waals surface area contributed by atoms with Crippen molar-refractivity contribution < 1.29 is 9.90 Å². The van der Waals surface area contributed by atoms with E-state index in [2.05, 4.69) is 38.0 Å². The van der Waals surface area contributed by atoms with Crippen LogP contribution in [0.3, 0.4) is 0 Å². The van der Waals surface area contributed by atoms with Gasteiger partial charge in [0.05, 0.1) is 0 Å². The zero-order valence-electron chi connectivity index (χ0n) is 20.7. The quantitative estimate of drug-likeness (QED) is 0.263. The molecule has 7 heteroatoms. The first kappa shape index (κ1) is 28.6. The summed E-state index contributed by atoms with van der Waals surface area (Å²) in [5.74, 6) is -0.516. The van der Waals surface area contributed by atoms with Crippen molar-refractivity contribution in [1.29, 1.82) is 0 Å². The van der Waals surface area contributed by atoms with Gasteiger partial charge in [-0.25, -0.2) is 0 Å². The third-order valence-corrected chi connectivity index (χ3v) is 6.84. The molecule has 0 aromatic heterocycles. The minimum Gasteiger partial charge on any atom is -0.396 e. The monoisotopic (exact) mass is 507 g/mol. The highest BCUT2D eigenvalue weighted by Crippen LogP contribution is 2.49. The Hall–Kier alpha value is -1.63. The summed E-state index contributed by atoms with van der Waals surface area (Å²) >= 11 is 12.6. The fourth-order valence-corrected chi connectivity index (χ4v) is 5.34. The highest BCUT2D eigenvalue weighted by molar-refractivity contribution is 6.31. The molecule has 34 heavy (non-hydrogen) atoms. The molecule has 0 saturated carbocycles. The van der Waals surface area contributed by atoms with Gasteiger partial charge < -0.3 is 16.2 Å². The first-order valence-corrected chi connectivity index (χ1v) is 12.5. The van der Waals surface area contributed by atoms with Crippen molar-refractivity contribution in [1.82, 2.24) is 10.6 Å². The molecule has 0 unspecified atom stereocenters. The molecular weight excluding hydrogens is 469 g/mol. The Labute approximate surface area is 214 Å². The van der Waals surface area contributed by atoms with Crippen molar-refractivity contribution in [3.8, 4) is 0 Å². The molecule has 5 N–H and O–H groups in total. The fourth-order valence-electron chi connectivity index (χ4n) is 4.97. The van der Waals surface area contributed by atoms with Gasteiger partial charge in [0.15, 0.2) is 0 Å². The Kier molecular flexibility index (Phi) is 9.99. The van der Waals surface area contributed by atoms with E-state index in [1.807, 2.05) is 43.3 Å². The summed E-state index contributed by atoms with van der Waals surface area (Å²) in [6, 6.07) is 7.42. The minimum atomic E-state index is -0.987. The second kappa shape index (κ2) is 11.9. The number of carbonyl (C=O) groups is 1. The molecule has 0 spiro atoms. The van der Waals surface area contributed by atoms with E-state index in [1.54, 1.807) is 12.2 Å². The van der Waals surface area contributed by atoms with E-state index in [1.165, 1.54) is 0 Å². The number of allylic oxidation sites excluding steroid dienone is 4. The molecular formula is C27H39Cl2N3O2. The van der Waals surface area contributed by atoms with Crippen LogP contribution >= 0.6 is 23.2 Å². The summed E-state index contributed by atoms with van der Waals surface area (Å²) in [7, 11) is 0. The molecule has 0 bridgehead atoms. The number of rotatable bonds is 10.